The Morgan fingerprint density at radius 1 is 1.62 bits per heavy atom. The summed E-state index contributed by atoms with van der Waals surface area (Å²) in [4.78, 5) is 5.05. The predicted octanol–water partition coefficient (Wildman–Crippen LogP) is 3.64. The van der Waals surface area contributed by atoms with E-state index in [9.17, 15) is 0 Å². The summed E-state index contributed by atoms with van der Waals surface area (Å²) in [6.45, 7) is 0. The first-order chi connectivity index (χ1) is 6.36. The highest BCUT2D eigenvalue weighted by atomic mass is 79.9. The number of halogens is 1. The lowest BCUT2D eigenvalue weighted by Crippen LogP contribution is -2.00. The third kappa shape index (κ3) is 3.06. The monoisotopic (exact) mass is 259 g/mol. The molecule has 1 aliphatic rings. The molecule has 0 aliphatic heterocycles. The van der Waals surface area contributed by atoms with Crippen molar-refractivity contribution in [2.75, 3.05) is 0 Å². The first-order valence-corrected chi connectivity index (χ1v) is 6.68. The second kappa shape index (κ2) is 4.56. The first kappa shape index (κ1) is 9.66. The van der Waals surface area contributed by atoms with E-state index in [2.05, 4.69) is 26.3 Å². The molecule has 3 heteroatoms. The molecule has 0 saturated heterocycles. The number of alkyl halides is 1. The second-order valence-corrected chi connectivity index (χ2v) is 5.83. The van der Waals surface area contributed by atoms with Gasteiger partial charge in [0.1, 0.15) is 0 Å². The topological polar surface area (TPSA) is 12.9 Å². The van der Waals surface area contributed by atoms with Crippen LogP contribution < -0.4 is 0 Å². The van der Waals surface area contributed by atoms with E-state index in [1.807, 2.05) is 6.20 Å². The fourth-order valence-corrected chi connectivity index (χ4v) is 3.03. The summed E-state index contributed by atoms with van der Waals surface area (Å²) in [7, 11) is 0. The highest BCUT2D eigenvalue weighted by Crippen LogP contribution is 2.38. The van der Waals surface area contributed by atoms with Crippen LogP contribution in [0.4, 0.5) is 0 Å². The summed E-state index contributed by atoms with van der Waals surface area (Å²) in [5.74, 6) is 0.983. The Bertz CT molecular complexity index is 243. The lowest BCUT2D eigenvalue weighted by Gasteiger charge is -2.05. The molecular formula is C10H14BrNS. The molecule has 0 bridgehead atoms. The second-order valence-electron chi connectivity index (χ2n) is 3.67. The van der Waals surface area contributed by atoms with E-state index in [1.165, 1.54) is 30.7 Å². The van der Waals surface area contributed by atoms with Gasteiger partial charge in [-0.05, 0) is 38.0 Å². The van der Waals surface area contributed by atoms with Crippen molar-refractivity contribution in [1.29, 1.82) is 0 Å². The van der Waals surface area contributed by atoms with Crippen LogP contribution in [0.1, 0.15) is 30.7 Å². The van der Waals surface area contributed by atoms with Gasteiger partial charge in [0.2, 0.25) is 0 Å². The van der Waals surface area contributed by atoms with Gasteiger partial charge >= 0.3 is 0 Å². The fraction of sp³-hybridized carbons (Fsp3) is 0.700. The maximum absolute atomic E-state index is 4.28. The molecule has 1 aliphatic carbocycles. The van der Waals surface area contributed by atoms with Crippen LogP contribution >= 0.6 is 27.3 Å². The van der Waals surface area contributed by atoms with Crippen LogP contribution in [0.2, 0.25) is 0 Å². The smallest absolute Gasteiger partial charge is 0.0924 e. The maximum Gasteiger partial charge on any atom is 0.0924 e. The van der Waals surface area contributed by atoms with Crippen molar-refractivity contribution in [3.8, 4) is 0 Å². The predicted molar refractivity (Wildman–Crippen MR) is 60.5 cm³/mol. The summed E-state index contributed by atoms with van der Waals surface area (Å²) in [5.41, 5.74) is 0. The first-order valence-electron chi connectivity index (χ1n) is 4.88. The summed E-state index contributed by atoms with van der Waals surface area (Å²) in [5, 5.41) is 3.34. The van der Waals surface area contributed by atoms with Gasteiger partial charge in [-0.2, -0.15) is 0 Å². The van der Waals surface area contributed by atoms with E-state index in [0.717, 1.165) is 17.2 Å². The van der Waals surface area contributed by atoms with Crippen LogP contribution in [0.15, 0.2) is 11.6 Å². The van der Waals surface area contributed by atoms with E-state index in [1.54, 1.807) is 11.3 Å². The third-order valence-electron chi connectivity index (χ3n) is 2.49. The molecule has 1 heterocycles. The van der Waals surface area contributed by atoms with E-state index in [4.69, 9.17) is 0 Å². The highest BCUT2D eigenvalue weighted by molar-refractivity contribution is 9.09. The largest absolute Gasteiger partial charge is 0.250 e. The lowest BCUT2D eigenvalue weighted by atomic mass is 10.1. The molecule has 0 spiro atoms. The summed E-state index contributed by atoms with van der Waals surface area (Å²) in [6.07, 6.45) is 8.52. The molecule has 1 aromatic rings. The van der Waals surface area contributed by atoms with Crippen molar-refractivity contribution >= 4 is 27.3 Å². The molecule has 0 N–H and O–H groups in total. The van der Waals surface area contributed by atoms with Crippen molar-refractivity contribution < 1.29 is 0 Å². The molecule has 72 valence electrons. The van der Waals surface area contributed by atoms with Crippen LogP contribution in [-0.2, 0) is 6.42 Å². The van der Waals surface area contributed by atoms with Crippen molar-refractivity contribution in [3.63, 3.8) is 0 Å². The number of hydrogen-bond acceptors (Lipinski definition) is 2. The summed E-state index contributed by atoms with van der Waals surface area (Å²) in [6, 6.07) is 0. The van der Waals surface area contributed by atoms with Gasteiger partial charge in [0.25, 0.3) is 0 Å². The van der Waals surface area contributed by atoms with Crippen LogP contribution in [0.3, 0.4) is 0 Å². The average molecular weight is 260 g/mol. The molecule has 1 unspecified atom stereocenters. The third-order valence-corrected chi connectivity index (χ3v) is 4.53. The molecule has 13 heavy (non-hydrogen) atoms. The molecule has 0 amide bonds. The number of rotatable bonds is 5. The van der Waals surface area contributed by atoms with Gasteiger partial charge in [-0.25, -0.2) is 4.98 Å². The zero-order chi connectivity index (χ0) is 9.10. The minimum absolute atomic E-state index is 0.771. The van der Waals surface area contributed by atoms with Gasteiger partial charge in [-0.1, -0.05) is 15.9 Å². The van der Waals surface area contributed by atoms with Crippen LogP contribution in [0.25, 0.3) is 0 Å². The summed E-state index contributed by atoms with van der Waals surface area (Å²) >= 11 is 5.52. The van der Waals surface area contributed by atoms with Crippen molar-refractivity contribution in [2.45, 2.75) is 36.9 Å². The Kier molecular flexibility index (Phi) is 3.39. The van der Waals surface area contributed by atoms with Gasteiger partial charge in [-0.3, -0.25) is 0 Å². The summed E-state index contributed by atoms with van der Waals surface area (Å²) < 4.78 is 0. The van der Waals surface area contributed by atoms with Gasteiger partial charge < -0.3 is 0 Å². The minimum Gasteiger partial charge on any atom is -0.250 e. The van der Waals surface area contributed by atoms with Gasteiger partial charge in [0.15, 0.2) is 0 Å². The Morgan fingerprint density at radius 3 is 3.08 bits per heavy atom. The molecule has 1 atom stereocenters. The van der Waals surface area contributed by atoms with Gasteiger partial charge in [0, 0.05) is 16.4 Å². The SMILES string of the molecule is BrC(CCCc1nccs1)C1CC1. The van der Waals surface area contributed by atoms with Crippen LogP contribution in [-0.4, -0.2) is 9.81 Å². The Balaban J connectivity index is 1.63. The quantitative estimate of drug-likeness (QED) is 0.736. The molecule has 1 saturated carbocycles. The molecule has 0 aromatic carbocycles. The molecule has 2 rings (SSSR count). The van der Waals surface area contributed by atoms with Crippen LogP contribution in [0, 0.1) is 5.92 Å². The number of hydrogen-bond donors (Lipinski definition) is 0. The lowest BCUT2D eigenvalue weighted by molar-refractivity contribution is 0.652. The molecule has 1 aromatic heterocycles. The molecule has 1 nitrogen and oxygen atoms in total. The number of thiazole rings is 1. The van der Waals surface area contributed by atoms with Crippen molar-refractivity contribution in [3.05, 3.63) is 16.6 Å². The molecule has 0 radical (unpaired) electrons. The van der Waals surface area contributed by atoms with Crippen LogP contribution in [0.5, 0.6) is 0 Å². The van der Waals surface area contributed by atoms with Gasteiger partial charge in [0.05, 0.1) is 5.01 Å². The maximum atomic E-state index is 4.28. The molecule has 1 fully saturated rings. The zero-order valence-electron chi connectivity index (χ0n) is 7.58. The zero-order valence-corrected chi connectivity index (χ0v) is 9.98. The standard InChI is InChI=1S/C10H14BrNS/c11-9(8-4-5-8)2-1-3-10-12-6-7-13-10/h6-9H,1-5H2. The fourth-order valence-electron chi connectivity index (χ4n) is 1.52. The van der Waals surface area contributed by atoms with Crippen molar-refractivity contribution in [1.82, 2.24) is 4.98 Å². The number of nitrogens with zero attached hydrogens (tertiary/aromatic N) is 1. The average Bonchev–Trinajstić information content (AvgIpc) is 2.86. The Morgan fingerprint density at radius 2 is 2.46 bits per heavy atom. The number of aromatic nitrogens is 1. The molecular weight excluding hydrogens is 246 g/mol. The highest BCUT2D eigenvalue weighted by Gasteiger charge is 2.28. The Labute approximate surface area is 91.7 Å². The normalized spacial score (nSPS) is 18.8. The minimum atomic E-state index is 0.771. The Hall–Kier alpha value is 0.110. The van der Waals surface area contributed by atoms with Gasteiger partial charge in [-0.15, -0.1) is 11.3 Å². The number of aryl methyl sites for hydroxylation is 1. The van der Waals surface area contributed by atoms with Crippen molar-refractivity contribution in [2.24, 2.45) is 5.92 Å². The van der Waals surface area contributed by atoms with E-state index < -0.39 is 0 Å². The van der Waals surface area contributed by atoms with E-state index in [0.29, 0.717) is 0 Å². The van der Waals surface area contributed by atoms with E-state index >= 15 is 0 Å². The van der Waals surface area contributed by atoms with E-state index in [-0.39, 0.29) is 0 Å².